The van der Waals surface area contributed by atoms with Gasteiger partial charge in [-0.25, -0.2) is 0 Å². The molecule has 0 aliphatic carbocycles. The molecule has 0 unspecified atom stereocenters. The van der Waals surface area contributed by atoms with Crippen molar-refractivity contribution >= 4 is 30.0 Å². The topological polar surface area (TPSA) is 20.2 Å². The Labute approximate surface area is 185 Å². The van der Waals surface area contributed by atoms with Gasteiger partial charge in [-0.1, -0.05) is 121 Å². The minimum absolute atomic E-state index is 0.859. The normalized spacial score (nSPS) is 11.2. The molecule has 0 aliphatic heterocycles. The van der Waals surface area contributed by atoms with Crippen LogP contribution in [0.2, 0.25) is 0 Å². The van der Waals surface area contributed by atoms with Crippen LogP contribution in [0.15, 0.2) is 115 Å². The maximum Gasteiger partial charge on any atom is 0.286 e. The fraction of sp³-hybridized carbons (Fsp3) is 0.0345. The third kappa shape index (κ3) is 4.59. The van der Waals surface area contributed by atoms with Gasteiger partial charge in [-0.3, -0.25) is 0 Å². The van der Waals surface area contributed by atoms with E-state index in [0.29, 0.717) is 0 Å². The van der Waals surface area contributed by atoms with Gasteiger partial charge in [-0.15, -0.1) is 0 Å². The smallest absolute Gasteiger partial charge is 0.286 e. The summed E-state index contributed by atoms with van der Waals surface area (Å²) in [6.07, 6.45) is 3.88. The van der Waals surface area contributed by atoms with Crippen molar-refractivity contribution in [2.45, 2.75) is 6.92 Å². The Balaban J connectivity index is 1.76. The molecular formula is C29H24OSi. The summed E-state index contributed by atoms with van der Waals surface area (Å²) >= 11 is 0. The summed E-state index contributed by atoms with van der Waals surface area (Å²) in [4.78, 5) is 12.2. The molecule has 0 fully saturated rings. The summed E-state index contributed by atoms with van der Waals surface area (Å²) in [5.74, 6) is 6.44. The summed E-state index contributed by atoms with van der Waals surface area (Å²) < 4.78 is 0. The van der Waals surface area contributed by atoms with E-state index in [1.807, 2.05) is 97.1 Å². The number of aryl methyl sites for hydroxylation is 1. The van der Waals surface area contributed by atoms with Crippen LogP contribution in [-0.2, 0) is 0 Å². The zero-order valence-corrected chi connectivity index (χ0v) is 18.5. The van der Waals surface area contributed by atoms with Crippen LogP contribution in [0.3, 0.4) is 0 Å². The van der Waals surface area contributed by atoms with Crippen LogP contribution in [0.5, 0.6) is 0 Å². The molecule has 1 nitrogen and oxygen atoms in total. The number of hydrogen-bond donors (Lipinski definition) is 1. The predicted octanol–water partition coefficient (Wildman–Crippen LogP) is 4.02. The molecule has 0 radical (unpaired) electrons. The molecule has 0 saturated carbocycles. The molecule has 150 valence electrons. The first-order valence-corrected chi connectivity index (χ1v) is 12.3. The lowest BCUT2D eigenvalue weighted by molar-refractivity contribution is 0.583. The standard InChI is InChI=1S/C29H24OSi/c1-24-20-22-25(23-21-24)12-8-9-13-26-14-10-11-19-29(26)31(30,27-15-4-2-5-16-27)28-17-6-3-7-18-28/h2-8,10-12,14-23,30H,1H3/b12-8+. The minimum Gasteiger partial charge on any atom is -0.421 e. The quantitative estimate of drug-likeness (QED) is 0.303. The monoisotopic (exact) mass is 416 g/mol. The summed E-state index contributed by atoms with van der Waals surface area (Å²) in [6.45, 7) is 2.08. The van der Waals surface area contributed by atoms with Crippen molar-refractivity contribution in [2.24, 2.45) is 0 Å². The van der Waals surface area contributed by atoms with Gasteiger partial charge >= 0.3 is 0 Å². The van der Waals surface area contributed by atoms with Crippen LogP contribution >= 0.6 is 0 Å². The van der Waals surface area contributed by atoms with Gasteiger partial charge in [0.2, 0.25) is 0 Å². The van der Waals surface area contributed by atoms with E-state index in [1.165, 1.54) is 5.56 Å². The lowest BCUT2D eigenvalue weighted by atomic mass is 10.1. The van der Waals surface area contributed by atoms with E-state index < -0.39 is 8.32 Å². The molecule has 0 spiro atoms. The lowest BCUT2D eigenvalue weighted by Crippen LogP contribution is -2.68. The van der Waals surface area contributed by atoms with E-state index in [-0.39, 0.29) is 0 Å². The highest BCUT2D eigenvalue weighted by Gasteiger charge is 2.39. The number of rotatable bonds is 4. The van der Waals surface area contributed by atoms with Gasteiger partial charge in [0.1, 0.15) is 0 Å². The van der Waals surface area contributed by atoms with Gasteiger partial charge in [0.05, 0.1) is 0 Å². The van der Waals surface area contributed by atoms with E-state index in [9.17, 15) is 4.80 Å². The molecule has 2 heteroatoms. The zero-order chi connectivity index (χ0) is 21.5. The first kappa shape index (κ1) is 20.6. The van der Waals surface area contributed by atoms with E-state index in [2.05, 4.69) is 43.0 Å². The van der Waals surface area contributed by atoms with E-state index in [0.717, 1.165) is 26.7 Å². The van der Waals surface area contributed by atoms with Gasteiger partial charge in [0.15, 0.2) is 0 Å². The fourth-order valence-electron chi connectivity index (χ4n) is 3.68. The Morgan fingerprint density at radius 3 is 1.84 bits per heavy atom. The van der Waals surface area contributed by atoms with Crippen molar-refractivity contribution in [1.29, 1.82) is 0 Å². The first-order valence-electron chi connectivity index (χ1n) is 10.4. The SMILES string of the molecule is Cc1ccc(/C=C/C#Cc2ccccc2[Si](O)(c2ccccc2)c2ccccc2)cc1. The van der Waals surface area contributed by atoms with Crippen molar-refractivity contribution in [3.05, 3.63) is 132 Å². The van der Waals surface area contributed by atoms with Crippen molar-refractivity contribution in [3.63, 3.8) is 0 Å². The molecule has 31 heavy (non-hydrogen) atoms. The largest absolute Gasteiger partial charge is 0.421 e. The van der Waals surface area contributed by atoms with Crippen molar-refractivity contribution in [3.8, 4) is 11.8 Å². The summed E-state index contributed by atoms with van der Waals surface area (Å²) in [5, 5.41) is 2.81. The van der Waals surface area contributed by atoms with E-state index in [1.54, 1.807) is 0 Å². The van der Waals surface area contributed by atoms with Crippen LogP contribution in [0.25, 0.3) is 6.08 Å². The van der Waals surface area contributed by atoms with E-state index >= 15 is 0 Å². The molecule has 4 rings (SSSR count). The third-order valence-corrected chi connectivity index (χ3v) is 8.90. The van der Waals surface area contributed by atoms with Crippen LogP contribution < -0.4 is 15.6 Å². The molecule has 0 atom stereocenters. The van der Waals surface area contributed by atoms with Gasteiger partial charge < -0.3 is 4.80 Å². The molecule has 1 N–H and O–H groups in total. The lowest BCUT2D eigenvalue weighted by Gasteiger charge is -2.28. The number of allylic oxidation sites excluding steroid dienone is 1. The highest BCUT2D eigenvalue weighted by Crippen LogP contribution is 2.08. The molecular weight excluding hydrogens is 392 g/mol. The maximum absolute atomic E-state index is 12.2. The van der Waals surface area contributed by atoms with Crippen molar-refractivity contribution < 1.29 is 4.80 Å². The Morgan fingerprint density at radius 2 is 1.23 bits per heavy atom. The predicted molar refractivity (Wildman–Crippen MR) is 133 cm³/mol. The second kappa shape index (κ2) is 9.45. The second-order valence-corrected chi connectivity index (χ2v) is 10.6. The molecule has 0 aliphatic rings. The molecule has 4 aromatic rings. The van der Waals surface area contributed by atoms with Crippen LogP contribution in [0, 0.1) is 18.8 Å². The van der Waals surface area contributed by atoms with Crippen molar-refractivity contribution in [1.82, 2.24) is 0 Å². The first-order chi connectivity index (χ1) is 15.2. The van der Waals surface area contributed by atoms with Gasteiger partial charge in [-0.2, -0.15) is 0 Å². The van der Waals surface area contributed by atoms with Gasteiger partial charge in [0.25, 0.3) is 8.32 Å². The van der Waals surface area contributed by atoms with Crippen LogP contribution in [0.4, 0.5) is 0 Å². The van der Waals surface area contributed by atoms with Gasteiger partial charge in [0, 0.05) is 5.56 Å². The summed E-state index contributed by atoms with van der Waals surface area (Å²) in [5.41, 5.74) is 3.22. The number of benzene rings is 4. The van der Waals surface area contributed by atoms with Gasteiger partial charge in [-0.05, 0) is 46.3 Å². The highest BCUT2D eigenvalue weighted by atomic mass is 28.4. The second-order valence-electron chi connectivity index (χ2n) is 7.50. The van der Waals surface area contributed by atoms with E-state index in [4.69, 9.17) is 0 Å². The summed E-state index contributed by atoms with van der Waals surface area (Å²) in [7, 11) is -3.18. The molecule has 0 heterocycles. The Kier molecular flexibility index (Phi) is 6.28. The average molecular weight is 417 g/mol. The average Bonchev–Trinajstić information content (AvgIpc) is 2.84. The Bertz CT molecular complexity index is 1190. The fourth-order valence-corrected chi connectivity index (χ4v) is 6.86. The van der Waals surface area contributed by atoms with Crippen molar-refractivity contribution in [2.75, 3.05) is 0 Å². The zero-order valence-electron chi connectivity index (χ0n) is 17.5. The third-order valence-electron chi connectivity index (χ3n) is 5.34. The maximum atomic E-state index is 12.2. The molecule has 4 aromatic carbocycles. The highest BCUT2D eigenvalue weighted by molar-refractivity contribution is 7.06. The Morgan fingerprint density at radius 1 is 0.677 bits per heavy atom. The Hall–Kier alpha value is -3.64. The minimum atomic E-state index is -3.18. The molecule has 0 aromatic heterocycles. The van der Waals surface area contributed by atoms with Crippen LogP contribution in [0.1, 0.15) is 16.7 Å². The summed E-state index contributed by atoms with van der Waals surface area (Å²) in [6, 6.07) is 36.2. The molecule has 0 saturated heterocycles. The molecule has 0 amide bonds. The van der Waals surface area contributed by atoms with Crippen LogP contribution in [-0.4, -0.2) is 13.1 Å². The molecule has 0 bridgehead atoms. The number of hydrogen-bond acceptors (Lipinski definition) is 1.